The highest BCUT2D eigenvalue weighted by Crippen LogP contribution is 2.25. The maximum absolute atomic E-state index is 12.6. The molecule has 0 bridgehead atoms. The van der Waals surface area contributed by atoms with Crippen molar-refractivity contribution < 1.29 is 27.1 Å². The molecule has 1 fully saturated rings. The van der Waals surface area contributed by atoms with E-state index in [0.717, 1.165) is 12.1 Å². The van der Waals surface area contributed by atoms with Crippen LogP contribution in [0.25, 0.3) is 0 Å². The molecule has 1 N–H and O–H groups in total. The summed E-state index contributed by atoms with van der Waals surface area (Å²) < 4.78 is 51.8. The van der Waals surface area contributed by atoms with Crippen molar-refractivity contribution in [3.63, 3.8) is 0 Å². The summed E-state index contributed by atoms with van der Waals surface area (Å²) >= 11 is 1.19. The molecule has 0 aliphatic carbocycles. The number of halogens is 2. The van der Waals surface area contributed by atoms with Crippen LogP contribution in [0.5, 0.6) is 0 Å². The summed E-state index contributed by atoms with van der Waals surface area (Å²) in [6, 6.07) is 4.58. The molecule has 3 rings (SSSR count). The lowest BCUT2D eigenvalue weighted by molar-refractivity contribution is 0.0691. The molecule has 0 radical (unpaired) electrons. The van der Waals surface area contributed by atoms with Gasteiger partial charge in [-0.05, 0) is 12.1 Å². The lowest BCUT2D eigenvalue weighted by Crippen LogP contribution is -2.48. The Morgan fingerprint density at radius 2 is 1.77 bits per heavy atom. The fourth-order valence-electron chi connectivity index (χ4n) is 2.56. The number of carboxylic acids is 1. The van der Waals surface area contributed by atoms with Gasteiger partial charge in [-0.25, -0.2) is 27.0 Å². The number of benzene rings is 1. The number of hydrogen-bond acceptors (Lipinski definition) is 6. The second-order valence-corrected chi connectivity index (χ2v) is 8.36. The lowest BCUT2D eigenvalue weighted by atomic mass is 10.2. The topological polar surface area (TPSA) is 90.8 Å². The van der Waals surface area contributed by atoms with E-state index in [0.29, 0.717) is 18.2 Å². The van der Waals surface area contributed by atoms with E-state index in [4.69, 9.17) is 5.11 Å². The van der Waals surface area contributed by atoms with Gasteiger partial charge < -0.3 is 10.0 Å². The van der Waals surface area contributed by atoms with Gasteiger partial charge in [-0.15, -0.1) is 11.3 Å². The van der Waals surface area contributed by atoms with E-state index in [2.05, 4.69) is 4.98 Å². The number of rotatable bonds is 5. The number of carbonyl (C=O) groups is 1. The molecular formula is C15H15F2N3O4S2. The average molecular weight is 403 g/mol. The molecule has 140 valence electrons. The second-order valence-electron chi connectivity index (χ2n) is 5.58. The maximum atomic E-state index is 12.6. The molecule has 26 heavy (non-hydrogen) atoms. The van der Waals surface area contributed by atoms with E-state index in [1.807, 2.05) is 4.90 Å². The number of alkyl halides is 2. The van der Waals surface area contributed by atoms with Gasteiger partial charge in [0.15, 0.2) is 10.8 Å². The summed E-state index contributed by atoms with van der Waals surface area (Å²) in [4.78, 5) is 16.7. The number of aromatic carboxylic acids is 1. The number of carboxylic acid groups (broad SMARTS) is 1. The molecule has 1 aromatic carbocycles. The van der Waals surface area contributed by atoms with Crippen LogP contribution in [-0.4, -0.2) is 55.0 Å². The summed E-state index contributed by atoms with van der Waals surface area (Å²) in [6.45, 7) is 1.11. The highest BCUT2D eigenvalue weighted by molar-refractivity contribution is 7.89. The van der Waals surface area contributed by atoms with Crippen molar-refractivity contribution in [3.8, 4) is 0 Å². The predicted octanol–water partition coefficient (Wildman–Crippen LogP) is 2.29. The molecule has 0 saturated carbocycles. The van der Waals surface area contributed by atoms with Crippen LogP contribution < -0.4 is 4.90 Å². The summed E-state index contributed by atoms with van der Waals surface area (Å²) in [7, 11) is -3.77. The fourth-order valence-corrected chi connectivity index (χ4v) is 4.84. The van der Waals surface area contributed by atoms with Crippen LogP contribution in [0, 0.1) is 0 Å². The third-order valence-electron chi connectivity index (χ3n) is 3.99. The van der Waals surface area contributed by atoms with E-state index >= 15 is 0 Å². The molecule has 1 aromatic heterocycles. The van der Waals surface area contributed by atoms with Crippen molar-refractivity contribution in [3.05, 3.63) is 40.9 Å². The van der Waals surface area contributed by atoms with Crippen molar-refractivity contribution in [2.75, 3.05) is 31.1 Å². The van der Waals surface area contributed by atoms with Crippen molar-refractivity contribution in [1.29, 1.82) is 0 Å². The molecule has 7 nitrogen and oxygen atoms in total. The molecular weight excluding hydrogens is 388 g/mol. The molecule has 11 heteroatoms. The molecule has 1 saturated heterocycles. The monoisotopic (exact) mass is 403 g/mol. The first-order chi connectivity index (χ1) is 12.3. The number of hydrogen-bond donors (Lipinski definition) is 1. The zero-order valence-corrected chi connectivity index (χ0v) is 15.0. The first-order valence-corrected chi connectivity index (χ1v) is 9.93. The third-order valence-corrected chi connectivity index (χ3v) is 6.80. The lowest BCUT2D eigenvalue weighted by Gasteiger charge is -2.33. The van der Waals surface area contributed by atoms with E-state index in [9.17, 15) is 22.0 Å². The maximum Gasteiger partial charge on any atom is 0.355 e. The van der Waals surface area contributed by atoms with Crippen LogP contribution >= 0.6 is 11.3 Å². The van der Waals surface area contributed by atoms with Crippen LogP contribution in [0.4, 0.5) is 13.9 Å². The van der Waals surface area contributed by atoms with E-state index in [1.165, 1.54) is 33.2 Å². The number of anilines is 1. The number of aromatic nitrogens is 1. The largest absolute Gasteiger partial charge is 0.476 e. The molecule has 1 aliphatic heterocycles. The molecule has 0 spiro atoms. The minimum Gasteiger partial charge on any atom is -0.476 e. The van der Waals surface area contributed by atoms with Gasteiger partial charge in [0.1, 0.15) is 0 Å². The van der Waals surface area contributed by atoms with Gasteiger partial charge in [-0.1, -0.05) is 12.1 Å². The number of sulfonamides is 1. The number of piperazine rings is 1. The van der Waals surface area contributed by atoms with E-state index in [-0.39, 0.29) is 29.2 Å². The normalized spacial score (nSPS) is 16.2. The van der Waals surface area contributed by atoms with Crippen molar-refractivity contribution >= 4 is 32.5 Å². The third kappa shape index (κ3) is 3.69. The summed E-state index contributed by atoms with van der Waals surface area (Å²) in [6.07, 6.45) is -2.65. The summed E-state index contributed by atoms with van der Waals surface area (Å²) in [5, 5.41) is 10.9. The van der Waals surface area contributed by atoms with Gasteiger partial charge in [-0.3, -0.25) is 0 Å². The first kappa shape index (κ1) is 18.7. The standard InChI is InChI=1S/C15H15F2N3O4S2/c16-13(17)10-1-3-11(4-2-10)26(23,24)20-7-5-19(6-8-20)15-18-12(9-25-15)14(21)22/h1-4,9,13H,5-8H2,(H,21,22). The fraction of sp³-hybridized carbons (Fsp3) is 0.333. The van der Waals surface area contributed by atoms with Gasteiger partial charge in [-0.2, -0.15) is 4.31 Å². The van der Waals surface area contributed by atoms with Crippen LogP contribution in [0.2, 0.25) is 0 Å². The van der Waals surface area contributed by atoms with Gasteiger partial charge in [0, 0.05) is 37.1 Å². The molecule has 2 heterocycles. The zero-order valence-electron chi connectivity index (χ0n) is 13.4. The van der Waals surface area contributed by atoms with Gasteiger partial charge in [0.25, 0.3) is 6.43 Å². The molecule has 1 aliphatic rings. The molecule has 2 aromatic rings. The Kier molecular flexibility index (Phi) is 5.21. The van der Waals surface area contributed by atoms with E-state index in [1.54, 1.807) is 0 Å². The number of nitrogens with zero attached hydrogens (tertiary/aromatic N) is 3. The van der Waals surface area contributed by atoms with Crippen molar-refractivity contribution in [1.82, 2.24) is 9.29 Å². The van der Waals surface area contributed by atoms with Crippen LogP contribution in [-0.2, 0) is 10.0 Å². The Morgan fingerprint density at radius 3 is 2.27 bits per heavy atom. The summed E-state index contributed by atoms with van der Waals surface area (Å²) in [5.74, 6) is -1.11. The Morgan fingerprint density at radius 1 is 1.15 bits per heavy atom. The molecule has 0 amide bonds. The highest BCUT2D eigenvalue weighted by atomic mass is 32.2. The van der Waals surface area contributed by atoms with Crippen molar-refractivity contribution in [2.45, 2.75) is 11.3 Å². The van der Waals surface area contributed by atoms with Crippen LogP contribution in [0.15, 0.2) is 34.5 Å². The van der Waals surface area contributed by atoms with Gasteiger partial charge in [0.2, 0.25) is 10.0 Å². The SMILES string of the molecule is O=C(O)c1csc(N2CCN(S(=O)(=O)c3ccc(C(F)F)cc3)CC2)n1. The predicted molar refractivity (Wildman–Crippen MR) is 91.4 cm³/mol. The van der Waals surface area contributed by atoms with Crippen molar-refractivity contribution in [2.24, 2.45) is 0 Å². The highest BCUT2D eigenvalue weighted by Gasteiger charge is 2.29. The minimum atomic E-state index is -3.77. The van der Waals surface area contributed by atoms with E-state index < -0.39 is 22.4 Å². The quantitative estimate of drug-likeness (QED) is 0.824. The number of thiazole rings is 1. The Labute approximate surface area is 152 Å². The zero-order chi connectivity index (χ0) is 18.9. The molecule has 0 atom stereocenters. The average Bonchev–Trinajstić information content (AvgIpc) is 3.12. The van der Waals surface area contributed by atoms with Crippen LogP contribution in [0.3, 0.4) is 0 Å². The summed E-state index contributed by atoms with van der Waals surface area (Å²) in [5.41, 5.74) is -0.272. The minimum absolute atomic E-state index is 0.0298. The Bertz CT molecular complexity index is 892. The Balaban J connectivity index is 1.69. The van der Waals surface area contributed by atoms with Gasteiger partial charge >= 0.3 is 5.97 Å². The van der Waals surface area contributed by atoms with Crippen LogP contribution in [0.1, 0.15) is 22.5 Å². The van der Waals surface area contributed by atoms with Gasteiger partial charge in [0.05, 0.1) is 4.90 Å². The molecule has 0 unspecified atom stereocenters. The smallest absolute Gasteiger partial charge is 0.355 e. The first-order valence-electron chi connectivity index (χ1n) is 7.61. The Hall–Kier alpha value is -2.11. The second kappa shape index (κ2) is 7.25.